The van der Waals surface area contributed by atoms with Gasteiger partial charge in [-0.25, -0.2) is 14.4 Å². The van der Waals surface area contributed by atoms with Gasteiger partial charge in [0.15, 0.2) is 6.04 Å². The molecule has 1 aliphatic heterocycles. The summed E-state index contributed by atoms with van der Waals surface area (Å²) in [5.74, 6) is -1.30. The number of esters is 1. The molecule has 0 radical (unpaired) electrons. The van der Waals surface area contributed by atoms with Crippen molar-refractivity contribution in [1.82, 2.24) is 10.2 Å². The smallest absolute Gasteiger partial charge is 0.407 e. The number of amides is 3. The Morgan fingerprint density at radius 1 is 1.20 bits per heavy atom. The summed E-state index contributed by atoms with van der Waals surface area (Å²) in [7, 11) is 1.17. The molecular weight excluding hydrogens is 454 g/mol. The van der Waals surface area contributed by atoms with Gasteiger partial charge in [-0.2, -0.15) is 0 Å². The van der Waals surface area contributed by atoms with E-state index in [9.17, 15) is 24.3 Å². The topological polar surface area (TPSA) is 125 Å². The first-order valence-corrected chi connectivity index (χ1v) is 10.9. The van der Waals surface area contributed by atoms with E-state index in [0.29, 0.717) is 17.7 Å². The number of alkyl carbamates (subject to hydrolysis) is 1. The van der Waals surface area contributed by atoms with Gasteiger partial charge in [0.1, 0.15) is 13.2 Å². The van der Waals surface area contributed by atoms with Crippen molar-refractivity contribution in [3.05, 3.63) is 78.4 Å². The lowest BCUT2D eigenvalue weighted by molar-refractivity contribution is -0.145. The van der Waals surface area contributed by atoms with E-state index in [1.165, 1.54) is 12.0 Å². The van der Waals surface area contributed by atoms with E-state index in [0.717, 1.165) is 10.5 Å². The minimum Gasteiger partial charge on any atom is -0.467 e. The Kier molecular flexibility index (Phi) is 8.44. The predicted molar refractivity (Wildman–Crippen MR) is 127 cm³/mol. The lowest BCUT2D eigenvalue weighted by Crippen LogP contribution is -2.61. The highest BCUT2D eigenvalue weighted by Gasteiger charge is 2.40. The first-order chi connectivity index (χ1) is 16.8. The van der Waals surface area contributed by atoms with Crippen LogP contribution < -0.4 is 10.2 Å². The van der Waals surface area contributed by atoms with Gasteiger partial charge in [-0.05, 0) is 29.7 Å². The van der Waals surface area contributed by atoms with Gasteiger partial charge in [-0.3, -0.25) is 14.6 Å². The van der Waals surface area contributed by atoms with Crippen LogP contribution in [0.3, 0.4) is 0 Å². The highest BCUT2D eigenvalue weighted by molar-refractivity contribution is 6.03. The van der Waals surface area contributed by atoms with Crippen molar-refractivity contribution >= 4 is 29.8 Å². The zero-order valence-electron chi connectivity index (χ0n) is 19.3. The maximum Gasteiger partial charge on any atom is 0.407 e. The van der Waals surface area contributed by atoms with Crippen LogP contribution in [0.25, 0.3) is 0 Å². The number of rotatable bonds is 8. The Morgan fingerprint density at radius 2 is 1.94 bits per heavy atom. The molecule has 0 bridgehead atoms. The molecule has 10 nitrogen and oxygen atoms in total. The second kappa shape index (κ2) is 11.7. The van der Waals surface area contributed by atoms with Crippen molar-refractivity contribution in [1.29, 1.82) is 0 Å². The Balaban J connectivity index is 1.80. The maximum atomic E-state index is 12.9. The molecule has 10 heteroatoms. The quantitative estimate of drug-likeness (QED) is 0.438. The van der Waals surface area contributed by atoms with Crippen LogP contribution >= 0.6 is 0 Å². The molecule has 1 fully saturated rings. The van der Waals surface area contributed by atoms with E-state index >= 15 is 0 Å². The molecule has 3 rings (SSSR count). The number of methoxy groups -OCH3 is 1. The number of hydrogen-bond donors (Lipinski definition) is 2. The van der Waals surface area contributed by atoms with E-state index < -0.39 is 42.7 Å². The van der Waals surface area contributed by atoms with Crippen molar-refractivity contribution in [2.75, 3.05) is 25.1 Å². The summed E-state index contributed by atoms with van der Waals surface area (Å²) >= 11 is 0. The Labute approximate surface area is 202 Å². The van der Waals surface area contributed by atoms with Crippen LogP contribution in [0, 0.1) is 0 Å². The second-order valence-corrected chi connectivity index (χ2v) is 7.84. The molecule has 2 N–H and O–H groups in total. The van der Waals surface area contributed by atoms with Gasteiger partial charge in [0.25, 0.3) is 0 Å². The van der Waals surface area contributed by atoms with Gasteiger partial charge in [-0.15, -0.1) is 6.58 Å². The van der Waals surface area contributed by atoms with Gasteiger partial charge >= 0.3 is 18.2 Å². The first-order valence-electron chi connectivity index (χ1n) is 10.9. The molecule has 1 aliphatic rings. The largest absolute Gasteiger partial charge is 0.467 e. The molecule has 0 aromatic heterocycles. The Morgan fingerprint density at radius 3 is 2.60 bits per heavy atom. The van der Waals surface area contributed by atoms with E-state index in [2.05, 4.69) is 11.9 Å². The van der Waals surface area contributed by atoms with Crippen LogP contribution in [-0.4, -0.2) is 60.3 Å². The fourth-order valence-electron chi connectivity index (χ4n) is 3.80. The van der Waals surface area contributed by atoms with Crippen LogP contribution in [-0.2, 0) is 25.7 Å². The van der Waals surface area contributed by atoms with E-state index in [-0.39, 0.29) is 13.2 Å². The number of ether oxygens (including phenoxy) is 2. The summed E-state index contributed by atoms with van der Waals surface area (Å²) in [5, 5.41) is 12.1. The van der Waals surface area contributed by atoms with E-state index in [1.54, 1.807) is 30.3 Å². The van der Waals surface area contributed by atoms with Crippen LogP contribution in [0.15, 0.2) is 67.3 Å². The number of nitrogens with one attached hydrogen (secondary N) is 1. The molecule has 1 heterocycles. The highest BCUT2D eigenvalue weighted by Crippen LogP contribution is 2.27. The van der Waals surface area contributed by atoms with Gasteiger partial charge in [-0.1, -0.05) is 48.5 Å². The summed E-state index contributed by atoms with van der Waals surface area (Å²) in [5.41, 5.74) is 1.87. The summed E-state index contributed by atoms with van der Waals surface area (Å²) in [4.78, 5) is 51.2. The predicted octanol–water partition coefficient (Wildman–Crippen LogP) is 3.10. The van der Waals surface area contributed by atoms with Crippen molar-refractivity contribution in [3.8, 4) is 0 Å². The van der Waals surface area contributed by atoms with Crippen LogP contribution in [0.1, 0.15) is 23.6 Å². The summed E-state index contributed by atoms with van der Waals surface area (Å²) < 4.78 is 10.1. The molecule has 2 aromatic carbocycles. The molecule has 0 aliphatic carbocycles. The molecule has 2 aromatic rings. The molecule has 1 saturated heterocycles. The SMILES string of the molecule is C=CC[C@H](NC(=O)OCc1ccccc1)c1cccc(N2C(=O)CN(C(=O)O)CC2C(=O)OC)c1. The average Bonchev–Trinajstić information content (AvgIpc) is 2.86. The van der Waals surface area contributed by atoms with Gasteiger partial charge in [0, 0.05) is 5.69 Å². The second-order valence-electron chi connectivity index (χ2n) is 7.84. The minimum absolute atomic E-state index is 0.108. The summed E-state index contributed by atoms with van der Waals surface area (Å²) in [6, 6.07) is 14.3. The number of nitrogens with zero attached hydrogens (tertiary/aromatic N) is 2. The zero-order valence-corrected chi connectivity index (χ0v) is 19.3. The van der Waals surface area contributed by atoms with Gasteiger partial charge in [0.05, 0.1) is 19.7 Å². The lowest BCUT2D eigenvalue weighted by atomic mass is 10.0. The molecular formula is C25H27N3O7. The van der Waals surface area contributed by atoms with Crippen molar-refractivity contribution in [2.24, 2.45) is 0 Å². The number of carbonyl (C=O) groups is 4. The van der Waals surface area contributed by atoms with E-state index in [4.69, 9.17) is 9.47 Å². The summed E-state index contributed by atoms with van der Waals surface area (Å²) in [6.45, 7) is 3.23. The first kappa shape index (κ1) is 25.3. The molecule has 35 heavy (non-hydrogen) atoms. The van der Waals surface area contributed by atoms with Crippen molar-refractivity contribution in [3.63, 3.8) is 0 Å². The van der Waals surface area contributed by atoms with Crippen LogP contribution in [0.2, 0.25) is 0 Å². The Bertz CT molecular complexity index is 1090. The van der Waals surface area contributed by atoms with Crippen molar-refractivity contribution < 1.29 is 33.8 Å². The third-order valence-corrected chi connectivity index (χ3v) is 5.50. The average molecular weight is 482 g/mol. The number of piperazine rings is 1. The van der Waals surface area contributed by atoms with Crippen LogP contribution in [0.4, 0.5) is 15.3 Å². The molecule has 0 saturated carbocycles. The molecule has 3 amide bonds. The minimum atomic E-state index is -1.30. The molecule has 2 atom stereocenters. The van der Waals surface area contributed by atoms with Gasteiger partial charge < -0.3 is 19.9 Å². The number of carboxylic acid groups (broad SMARTS) is 1. The normalized spacial score (nSPS) is 16.3. The van der Waals surface area contributed by atoms with E-state index in [1.807, 2.05) is 30.3 Å². The van der Waals surface area contributed by atoms with Crippen molar-refractivity contribution in [2.45, 2.75) is 25.1 Å². The van der Waals surface area contributed by atoms with Gasteiger partial charge in [0.2, 0.25) is 5.91 Å². The Hall–Kier alpha value is -4.34. The number of hydrogen-bond acceptors (Lipinski definition) is 6. The molecule has 184 valence electrons. The van der Waals surface area contributed by atoms with Crippen LogP contribution in [0.5, 0.6) is 0 Å². The maximum absolute atomic E-state index is 12.9. The fraction of sp³-hybridized carbons (Fsp3) is 0.280. The zero-order chi connectivity index (χ0) is 25.4. The number of carbonyl (C=O) groups excluding carboxylic acids is 3. The number of anilines is 1. The number of benzene rings is 2. The summed E-state index contributed by atoms with van der Waals surface area (Å²) in [6.07, 6.45) is 0.100. The standard InChI is InChI=1S/C25H27N3O7/c1-3-8-20(26-24(31)35-16-17-9-5-4-6-10-17)18-11-7-12-19(13-18)28-21(23(30)34-2)14-27(25(32)33)15-22(28)29/h3-7,9-13,20-21H,1,8,14-16H2,2H3,(H,26,31)(H,32,33)/t20-,21?/m0/s1. The fourth-order valence-corrected chi connectivity index (χ4v) is 3.80. The highest BCUT2D eigenvalue weighted by atomic mass is 16.5. The third kappa shape index (κ3) is 6.38. The lowest BCUT2D eigenvalue weighted by Gasteiger charge is -2.38. The third-order valence-electron chi connectivity index (χ3n) is 5.50. The monoisotopic (exact) mass is 481 g/mol. The molecule has 1 unspecified atom stereocenters. The molecule has 0 spiro atoms.